The quantitative estimate of drug-likeness (QED) is 0.443. The zero-order valence-corrected chi connectivity index (χ0v) is 5.05. The summed E-state index contributed by atoms with van der Waals surface area (Å²) in [6.45, 7) is 7.50. The average Bonchev–Trinajstić information content (AvgIpc) is 1.36. The van der Waals surface area contributed by atoms with Crippen molar-refractivity contribution >= 4 is 12.6 Å². The van der Waals surface area contributed by atoms with Gasteiger partial charge in [-0.05, 0) is 25.7 Å². The van der Waals surface area contributed by atoms with Crippen molar-refractivity contribution in [3.05, 3.63) is 17.4 Å². The van der Waals surface area contributed by atoms with Gasteiger partial charge in [0.2, 0.25) is 0 Å². The van der Waals surface area contributed by atoms with E-state index in [0.29, 0.717) is 0 Å². The maximum Gasteiger partial charge on any atom is -0.0226 e. The molecule has 6 heavy (non-hydrogen) atoms. The van der Waals surface area contributed by atoms with E-state index >= 15 is 0 Å². The lowest BCUT2D eigenvalue weighted by Crippen LogP contribution is -1.63. The number of rotatable bonds is 0. The molecule has 0 fully saturated rings. The first-order chi connectivity index (χ1) is 2.64. The van der Waals surface area contributed by atoms with Crippen molar-refractivity contribution in [2.75, 3.05) is 0 Å². The van der Waals surface area contributed by atoms with E-state index in [0.717, 1.165) is 10.5 Å². The number of allylic oxidation sites excluding steroid dienone is 2. The van der Waals surface area contributed by atoms with E-state index in [4.69, 9.17) is 0 Å². The molecule has 0 aromatic carbocycles. The van der Waals surface area contributed by atoms with Gasteiger partial charge in [0.15, 0.2) is 0 Å². The summed E-state index contributed by atoms with van der Waals surface area (Å²) in [5.41, 5.74) is 1.04. The molecule has 0 saturated heterocycles. The molecule has 0 nitrogen and oxygen atoms in total. The van der Waals surface area contributed by atoms with E-state index < -0.39 is 0 Å². The van der Waals surface area contributed by atoms with Crippen LogP contribution in [0.2, 0.25) is 0 Å². The summed E-state index contributed by atoms with van der Waals surface area (Å²) < 4.78 is 0. The Morgan fingerprint density at radius 1 is 1.50 bits per heavy atom. The Kier molecular flexibility index (Phi) is 2.33. The van der Waals surface area contributed by atoms with Gasteiger partial charge in [-0.1, -0.05) is 5.57 Å². The SMILES string of the molecule is [CH2]C(C)=C(C)S. The molecule has 0 aromatic heterocycles. The first-order valence-electron chi connectivity index (χ1n) is 1.83. The van der Waals surface area contributed by atoms with Crippen LogP contribution in [0, 0.1) is 6.92 Å². The highest BCUT2D eigenvalue weighted by Crippen LogP contribution is 2.03. The van der Waals surface area contributed by atoms with E-state index in [1.54, 1.807) is 0 Å². The molecule has 0 atom stereocenters. The van der Waals surface area contributed by atoms with Crippen LogP contribution >= 0.6 is 12.6 Å². The van der Waals surface area contributed by atoms with Crippen LogP contribution in [0.5, 0.6) is 0 Å². The van der Waals surface area contributed by atoms with E-state index in [1.165, 1.54) is 0 Å². The Morgan fingerprint density at radius 2 is 1.67 bits per heavy atom. The van der Waals surface area contributed by atoms with E-state index in [-0.39, 0.29) is 0 Å². The molecule has 0 heterocycles. The van der Waals surface area contributed by atoms with Gasteiger partial charge in [-0.25, -0.2) is 0 Å². The van der Waals surface area contributed by atoms with Crippen LogP contribution in [-0.2, 0) is 0 Å². The summed E-state index contributed by atoms with van der Waals surface area (Å²) in [4.78, 5) is 1.01. The second-order valence-electron chi connectivity index (χ2n) is 1.37. The number of hydrogen-bond acceptors (Lipinski definition) is 1. The third kappa shape index (κ3) is 2.33. The summed E-state index contributed by atoms with van der Waals surface area (Å²) in [6.07, 6.45) is 0. The molecule has 0 aromatic rings. The van der Waals surface area contributed by atoms with Gasteiger partial charge in [0.25, 0.3) is 0 Å². The van der Waals surface area contributed by atoms with Crippen molar-refractivity contribution in [1.82, 2.24) is 0 Å². The highest BCUT2D eigenvalue weighted by Gasteiger charge is 1.76. The van der Waals surface area contributed by atoms with Gasteiger partial charge in [-0.2, -0.15) is 0 Å². The normalized spacial score (nSPS) is 14.0. The van der Waals surface area contributed by atoms with Crippen LogP contribution in [0.25, 0.3) is 0 Å². The van der Waals surface area contributed by atoms with Crippen molar-refractivity contribution in [1.29, 1.82) is 0 Å². The third-order valence-electron chi connectivity index (χ3n) is 0.618. The summed E-state index contributed by atoms with van der Waals surface area (Å²) in [5.74, 6) is 0. The van der Waals surface area contributed by atoms with Gasteiger partial charge < -0.3 is 0 Å². The predicted molar refractivity (Wildman–Crippen MR) is 32.7 cm³/mol. The van der Waals surface area contributed by atoms with Crippen molar-refractivity contribution in [2.24, 2.45) is 0 Å². The molecule has 0 unspecified atom stereocenters. The fourth-order valence-corrected chi connectivity index (χ4v) is 0. The van der Waals surface area contributed by atoms with E-state index in [1.807, 2.05) is 13.8 Å². The standard InChI is InChI=1S/C5H9S/c1-4(2)5(3)6/h6H,1H2,2-3H3. The minimum Gasteiger partial charge on any atom is -0.148 e. The average molecular weight is 101 g/mol. The lowest BCUT2D eigenvalue weighted by Gasteiger charge is -1.86. The van der Waals surface area contributed by atoms with Gasteiger partial charge in [-0.3, -0.25) is 0 Å². The van der Waals surface area contributed by atoms with Gasteiger partial charge in [-0.15, -0.1) is 12.6 Å². The topological polar surface area (TPSA) is 0 Å². The van der Waals surface area contributed by atoms with Crippen LogP contribution in [0.4, 0.5) is 0 Å². The fraction of sp³-hybridized carbons (Fsp3) is 0.400. The van der Waals surface area contributed by atoms with Crippen molar-refractivity contribution in [3.8, 4) is 0 Å². The van der Waals surface area contributed by atoms with Gasteiger partial charge in [0, 0.05) is 0 Å². The molecule has 0 aliphatic rings. The molecule has 0 bridgehead atoms. The van der Waals surface area contributed by atoms with Crippen molar-refractivity contribution < 1.29 is 0 Å². The molecule has 1 heteroatoms. The predicted octanol–water partition coefficient (Wildman–Crippen LogP) is 2.04. The second-order valence-corrected chi connectivity index (χ2v) is 2.04. The van der Waals surface area contributed by atoms with E-state index in [2.05, 4.69) is 19.6 Å². The molecule has 0 aliphatic carbocycles. The zero-order chi connectivity index (χ0) is 5.15. The Hall–Kier alpha value is 0.0900. The molecular weight excluding hydrogens is 92.1 g/mol. The maximum absolute atomic E-state index is 4.01. The molecule has 1 radical (unpaired) electrons. The zero-order valence-electron chi connectivity index (χ0n) is 4.15. The summed E-state index contributed by atoms with van der Waals surface area (Å²) in [6, 6.07) is 0. The largest absolute Gasteiger partial charge is 0.148 e. The van der Waals surface area contributed by atoms with Crippen molar-refractivity contribution in [3.63, 3.8) is 0 Å². The minimum atomic E-state index is 1.01. The van der Waals surface area contributed by atoms with Gasteiger partial charge in [0.1, 0.15) is 0 Å². The first-order valence-corrected chi connectivity index (χ1v) is 2.27. The number of hydrogen-bond donors (Lipinski definition) is 1. The van der Waals surface area contributed by atoms with Crippen LogP contribution in [0.1, 0.15) is 13.8 Å². The van der Waals surface area contributed by atoms with Crippen molar-refractivity contribution in [2.45, 2.75) is 13.8 Å². The third-order valence-corrected chi connectivity index (χ3v) is 0.999. The Bertz CT molecular complexity index is 54.0. The van der Waals surface area contributed by atoms with Gasteiger partial charge in [0.05, 0.1) is 0 Å². The van der Waals surface area contributed by atoms with Crippen LogP contribution in [-0.4, -0.2) is 0 Å². The second kappa shape index (κ2) is 2.30. The number of thiol groups is 1. The Morgan fingerprint density at radius 3 is 1.67 bits per heavy atom. The van der Waals surface area contributed by atoms with Crippen LogP contribution in [0.3, 0.4) is 0 Å². The van der Waals surface area contributed by atoms with Crippen LogP contribution in [0.15, 0.2) is 10.5 Å². The Balaban J connectivity index is 3.68. The van der Waals surface area contributed by atoms with E-state index in [9.17, 15) is 0 Å². The maximum atomic E-state index is 4.01. The molecule has 0 amide bonds. The molecule has 0 aliphatic heterocycles. The summed E-state index contributed by atoms with van der Waals surface area (Å²) in [5, 5.41) is 0. The minimum absolute atomic E-state index is 1.01. The highest BCUT2D eigenvalue weighted by atomic mass is 32.1. The highest BCUT2D eigenvalue weighted by molar-refractivity contribution is 7.84. The monoisotopic (exact) mass is 101 g/mol. The summed E-state index contributed by atoms with van der Waals surface area (Å²) in [7, 11) is 0. The molecule has 35 valence electrons. The lowest BCUT2D eigenvalue weighted by molar-refractivity contribution is 1.46. The van der Waals surface area contributed by atoms with Crippen LogP contribution < -0.4 is 0 Å². The molecule has 0 saturated carbocycles. The molecular formula is C5H9S. The molecule has 0 N–H and O–H groups in total. The smallest absolute Gasteiger partial charge is 0.0226 e. The molecule has 0 rings (SSSR count). The molecule has 0 spiro atoms. The van der Waals surface area contributed by atoms with Gasteiger partial charge >= 0.3 is 0 Å². The summed E-state index contributed by atoms with van der Waals surface area (Å²) >= 11 is 4.01. The Labute approximate surface area is 44.7 Å². The fourth-order valence-electron chi connectivity index (χ4n) is 0. The lowest BCUT2D eigenvalue weighted by atomic mass is 10.3. The first kappa shape index (κ1) is 6.09.